The van der Waals surface area contributed by atoms with E-state index in [1.807, 2.05) is 30.9 Å². The molecular formula is C23H24FN3O3S2. The summed E-state index contributed by atoms with van der Waals surface area (Å²) in [6.07, 6.45) is 0. The Morgan fingerprint density at radius 3 is 2.31 bits per heavy atom. The highest BCUT2D eigenvalue weighted by atomic mass is 32.2. The number of hydrogen-bond acceptors (Lipinski definition) is 5. The van der Waals surface area contributed by atoms with Crippen LogP contribution < -0.4 is 10.2 Å². The van der Waals surface area contributed by atoms with E-state index in [0.717, 1.165) is 28.2 Å². The molecule has 0 saturated carbocycles. The molecule has 0 aliphatic carbocycles. The summed E-state index contributed by atoms with van der Waals surface area (Å²) in [5.41, 5.74) is 3.64. The molecule has 32 heavy (non-hydrogen) atoms. The number of benzene rings is 2. The molecule has 4 rings (SSSR count). The highest BCUT2D eigenvalue weighted by Gasteiger charge is 2.32. The van der Waals surface area contributed by atoms with Gasteiger partial charge in [-0.1, -0.05) is 6.07 Å². The van der Waals surface area contributed by atoms with Crippen molar-refractivity contribution in [2.45, 2.75) is 18.7 Å². The van der Waals surface area contributed by atoms with Crippen LogP contribution >= 0.6 is 11.3 Å². The van der Waals surface area contributed by atoms with Crippen LogP contribution in [-0.4, -0.2) is 44.8 Å². The van der Waals surface area contributed by atoms with Crippen molar-refractivity contribution < 1.29 is 17.6 Å². The van der Waals surface area contributed by atoms with Crippen molar-refractivity contribution in [3.63, 3.8) is 0 Å². The number of carbonyl (C=O) groups excluding carboxylic acids is 1. The van der Waals surface area contributed by atoms with Gasteiger partial charge in [-0.2, -0.15) is 4.31 Å². The number of anilines is 2. The van der Waals surface area contributed by atoms with Gasteiger partial charge in [-0.05, 0) is 72.8 Å². The first kappa shape index (κ1) is 22.4. The van der Waals surface area contributed by atoms with Gasteiger partial charge in [-0.25, -0.2) is 12.8 Å². The second-order valence-electron chi connectivity index (χ2n) is 7.73. The smallest absolute Gasteiger partial charge is 0.267 e. The van der Waals surface area contributed by atoms with E-state index in [9.17, 15) is 17.6 Å². The van der Waals surface area contributed by atoms with Crippen molar-refractivity contribution in [2.75, 3.05) is 36.4 Å². The van der Waals surface area contributed by atoms with E-state index < -0.39 is 15.9 Å². The SMILES string of the molecule is Cc1ccc(NC(=O)c2sccc2S(=O)(=O)N2CCN(c3ccc(F)cc3)CC2)cc1C. The molecule has 168 valence electrons. The molecule has 1 aliphatic heterocycles. The molecule has 6 nitrogen and oxygen atoms in total. The zero-order chi connectivity index (χ0) is 22.9. The maximum atomic E-state index is 13.3. The highest BCUT2D eigenvalue weighted by Crippen LogP contribution is 2.28. The van der Waals surface area contributed by atoms with Gasteiger partial charge < -0.3 is 10.2 Å². The molecule has 2 aromatic carbocycles. The summed E-state index contributed by atoms with van der Waals surface area (Å²) in [6.45, 7) is 5.48. The van der Waals surface area contributed by atoms with Gasteiger partial charge in [0.1, 0.15) is 15.6 Å². The first-order valence-corrected chi connectivity index (χ1v) is 12.5. The molecule has 1 saturated heterocycles. The summed E-state index contributed by atoms with van der Waals surface area (Å²) in [4.78, 5) is 15.1. The maximum Gasteiger partial charge on any atom is 0.267 e. The highest BCUT2D eigenvalue weighted by molar-refractivity contribution is 7.89. The Bertz CT molecular complexity index is 1230. The predicted octanol–water partition coefficient (Wildman–Crippen LogP) is 4.27. The second-order valence-corrected chi connectivity index (χ2v) is 10.6. The Morgan fingerprint density at radius 1 is 0.969 bits per heavy atom. The average molecular weight is 474 g/mol. The topological polar surface area (TPSA) is 69.7 Å². The Morgan fingerprint density at radius 2 is 1.66 bits per heavy atom. The normalized spacial score (nSPS) is 15.0. The minimum absolute atomic E-state index is 0.0269. The largest absolute Gasteiger partial charge is 0.369 e. The Kier molecular flexibility index (Phi) is 6.32. The monoisotopic (exact) mass is 473 g/mol. The molecular weight excluding hydrogens is 449 g/mol. The number of halogens is 1. The molecule has 0 spiro atoms. The number of thiophene rings is 1. The lowest BCUT2D eigenvalue weighted by Gasteiger charge is -2.35. The zero-order valence-electron chi connectivity index (χ0n) is 17.8. The lowest BCUT2D eigenvalue weighted by Crippen LogP contribution is -2.48. The van der Waals surface area contributed by atoms with Crippen molar-refractivity contribution in [1.82, 2.24) is 4.31 Å². The number of hydrogen-bond donors (Lipinski definition) is 1. The lowest BCUT2D eigenvalue weighted by molar-refractivity contribution is 0.102. The Balaban J connectivity index is 1.48. The quantitative estimate of drug-likeness (QED) is 0.601. The molecule has 1 fully saturated rings. The summed E-state index contributed by atoms with van der Waals surface area (Å²) in [6, 6.07) is 13.2. The molecule has 1 N–H and O–H groups in total. The fourth-order valence-electron chi connectivity index (χ4n) is 3.65. The molecule has 1 aliphatic rings. The second kappa shape index (κ2) is 9.01. The van der Waals surface area contributed by atoms with Crippen molar-refractivity contribution >= 4 is 38.6 Å². The van der Waals surface area contributed by atoms with Gasteiger partial charge in [0.25, 0.3) is 5.91 Å². The average Bonchev–Trinajstić information content (AvgIpc) is 3.28. The van der Waals surface area contributed by atoms with Gasteiger partial charge in [-0.15, -0.1) is 11.3 Å². The van der Waals surface area contributed by atoms with E-state index in [-0.39, 0.29) is 28.7 Å². The van der Waals surface area contributed by atoms with Gasteiger partial charge in [0.15, 0.2) is 0 Å². The standard InChI is InChI=1S/C23H24FN3O3S2/c1-16-3-6-19(15-17(16)2)25-23(28)22-21(9-14-31-22)32(29,30)27-12-10-26(11-13-27)20-7-4-18(24)5-8-20/h3-9,14-15H,10-13H2,1-2H3,(H,25,28). The fourth-order valence-corrected chi connectivity index (χ4v) is 6.37. The van der Waals surface area contributed by atoms with E-state index >= 15 is 0 Å². The molecule has 1 aromatic heterocycles. The fraction of sp³-hybridized carbons (Fsp3) is 0.261. The number of carbonyl (C=O) groups is 1. The summed E-state index contributed by atoms with van der Waals surface area (Å²) >= 11 is 1.11. The van der Waals surface area contributed by atoms with Crippen LogP contribution in [0.25, 0.3) is 0 Å². The van der Waals surface area contributed by atoms with Crippen molar-refractivity contribution in [3.05, 3.63) is 75.7 Å². The van der Waals surface area contributed by atoms with Crippen LogP contribution in [0.5, 0.6) is 0 Å². The number of rotatable bonds is 5. The minimum Gasteiger partial charge on any atom is -0.369 e. The lowest BCUT2D eigenvalue weighted by atomic mass is 10.1. The molecule has 0 unspecified atom stereocenters. The summed E-state index contributed by atoms with van der Waals surface area (Å²) in [5, 5.41) is 4.43. The summed E-state index contributed by atoms with van der Waals surface area (Å²) in [7, 11) is -3.82. The zero-order valence-corrected chi connectivity index (χ0v) is 19.5. The summed E-state index contributed by atoms with van der Waals surface area (Å²) in [5.74, 6) is -0.745. The van der Waals surface area contributed by atoms with Crippen molar-refractivity contribution in [1.29, 1.82) is 0 Å². The number of nitrogens with one attached hydrogen (secondary N) is 1. The third-order valence-electron chi connectivity index (χ3n) is 5.65. The summed E-state index contributed by atoms with van der Waals surface area (Å²) < 4.78 is 41.2. The van der Waals surface area contributed by atoms with E-state index in [0.29, 0.717) is 18.8 Å². The molecule has 0 atom stereocenters. The van der Waals surface area contributed by atoms with Gasteiger partial charge in [0.05, 0.1) is 0 Å². The maximum absolute atomic E-state index is 13.3. The first-order valence-electron chi connectivity index (χ1n) is 10.2. The number of nitrogens with zero attached hydrogens (tertiary/aromatic N) is 2. The van der Waals surface area contributed by atoms with Crippen LogP contribution in [0.2, 0.25) is 0 Å². The molecule has 3 aromatic rings. The Hall–Kier alpha value is -2.75. The van der Waals surface area contributed by atoms with E-state index in [4.69, 9.17) is 0 Å². The van der Waals surface area contributed by atoms with Crippen LogP contribution in [0, 0.1) is 19.7 Å². The van der Waals surface area contributed by atoms with Gasteiger partial charge in [0.2, 0.25) is 10.0 Å². The van der Waals surface area contributed by atoms with Crippen LogP contribution in [0.4, 0.5) is 15.8 Å². The van der Waals surface area contributed by atoms with E-state index in [2.05, 4.69) is 5.32 Å². The van der Waals surface area contributed by atoms with Crippen molar-refractivity contribution in [3.8, 4) is 0 Å². The van der Waals surface area contributed by atoms with Crippen LogP contribution in [0.15, 0.2) is 58.8 Å². The third kappa shape index (κ3) is 4.55. The number of aryl methyl sites for hydroxylation is 2. The van der Waals surface area contributed by atoms with Crippen molar-refractivity contribution in [2.24, 2.45) is 0 Å². The molecule has 0 radical (unpaired) electrons. The van der Waals surface area contributed by atoms with Gasteiger partial charge >= 0.3 is 0 Å². The minimum atomic E-state index is -3.82. The van der Waals surface area contributed by atoms with E-state index in [1.54, 1.807) is 23.6 Å². The van der Waals surface area contributed by atoms with Crippen LogP contribution in [0.3, 0.4) is 0 Å². The Labute approximate surface area is 191 Å². The van der Waals surface area contributed by atoms with Gasteiger partial charge in [0, 0.05) is 37.6 Å². The predicted molar refractivity (Wildman–Crippen MR) is 126 cm³/mol. The number of amides is 1. The van der Waals surface area contributed by atoms with Crippen LogP contribution in [-0.2, 0) is 10.0 Å². The molecule has 2 heterocycles. The van der Waals surface area contributed by atoms with Crippen LogP contribution in [0.1, 0.15) is 20.8 Å². The molecule has 1 amide bonds. The van der Waals surface area contributed by atoms with Gasteiger partial charge in [-0.3, -0.25) is 4.79 Å². The van der Waals surface area contributed by atoms with E-state index in [1.165, 1.54) is 22.5 Å². The number of piperazine rings is 1. The first-order chi connectivity index (χ1) is 15.3. The number of sulfonamides is 1. The third-order valence-corrected chi connectivity index (χ3v) is 8.63. The molecule has 0 bridgehead atoms. The molecule has 9 heteroatoms.